The fourth-order valence-corrected chi connectivity index (χ4v) is 5.71. The molecule has 1 N–H and O–H groups in total. The molecule has 2 heterocycles. The molecule has 35 heavy (non-hydrogen) atoms. The fourth-order valence-electron chi connectivity index (χ4n) is 4.12. The highest BCUT2D eigenvalue weighted by Crippen LogP contribution is 2.24. The molecule has 1 amide bonds. The lowest BCUT2D eigenvalue weighted by Gasteiger charge is -2.34. The molecule has 1 fully saturated rings. The van der Waals surface area contributed by atoms with E-state index in [-0.39, 0.29) is 28.9 Å². The number of rotatable bonds is 7. The van der Waals surface area contributed by atoms with Gasteiger partial charge >= 0.3 is 0 Å². The van der Waals surface area contributed by atoms with Crippen molar-refractivity contribution in [2.75, 3.05) is 18.4 Å². The smallest absolute Gasteiger partial charge is 0.251 e. The van der Waals surface area contributed by atoms with Gasteiger partial charge in [0.25, 0.3) is 5.91 Å². The van der Waals surface area contributed by atoms with Crippen molar-refractivity contribution in [3.05, 3.63) is 54.6 Å². The van der Waals surface area contributed by atoms with E-state index in [0.717, 1.165) is 5.56 Å². The van der Waals surface area contributed by atoms with Crippen LogP contribution in [0.3, 0.4) is 0 Å². The quantitative estimate of drug-likeness (QED) is 0.532. The van der Waals surface area contributed by atoms with Gasteiger partial charge in [0.1, 0.15) is 0 Å². The summed E-state index contributed by atoms with van der Waals surface area (Å²) in [6, 6.07) is 14.9. The predicted molar refractivity (Wildman–Crippen MR) is 131 cm³/mol. The summed E-state index contributed by atoms with van der Waals surface area (Å²) in [4.78, 5) is 14.6. The van der Waals surface area contributed by atoms with Crippen LogP contribution in [0.25, 0.3) is 11.4 Å². The first-order chi connectivity index (χ1) is 16.6. The molecule has 10 nitrogen and oxygen atoms in total. The van der Waals surface area contributed by atoms with Gasteiger partial charge in [0.2, 0.25) is 15.8 Å². The second-order valence-electron chi connectivity index (χ2n) is 9.08. The number of hydrogen-bond acceptors (Lipinski definition) is 7. The number of nitrogens with one attached hydrogen (secondary N) is 1. The number of carbonyl (C=O) groups is 1. The van der Waals surface area contributed by atoms with Crippen LogP contribution in [-0.2, 0) is 19.6 Å². The molecule has 1 aliphatic rings. The van der Waals surface area contributed by atoms with Crippen LogP contribution < -0.4 is 5.32 Å². The lowest BCUT2D eigenvalue weighted by atomic mass is 10.0. The van der Waals surface area contributed by atoms with Crippen molar-refractivity contribution in [2.45, 2.75) is 50.8 Å². The third kappa shape index (κ3) is 5.58. The molecule has 11 heteroatoms. The summed E-state index contributed by atoms with van der Waals surface area (Å²) in [6.07, 6.45) is -0.347. The monoisotopic (exact) mass is 498 g/mol. The number of sulfonamides is 1. The number of morpholine rings is 1. The third-order valence-corrected chi connectivity index (χ3v) is 7.60. The Balaban J connectivity index is 1.48. The molecular weight excluding hydrogens is 468 g/mol. The molecule has 1 aromatic heterocycles. The molecule has 3 aromatic rings. The Morgan fingerprint density at radius 1 is 1.03 bits per heavy atom. The van der Waals surface area contributed by atoms with Gasteiger partial charge in [0.15, 0.2) is 6.04 Å². The molecule has 2 aromatic carbocycles. The molecular formula is C24H30N6O4S. The number of nitrogens with zero attached hydrogens (tertiary/aromatic N) is 5. The minimum Gasteiger partial charge on any atom is -0.373 e. The average Bonchev–Trinajstić information content (AvgIpc) is 3.29. The number of carbonyl (C=O) groups excluding carboxylic acids is 1. The number of ether oxygens (including phenoxy) is 1. The number of hydrogen-bond donors (Lipinski definition) is 1. The predicted octanol–water partition coefficient (Wildman–Crippen LogP) is 2.97. The molecule has 0 bridgehead atoms. The van der Waals surface area contributed by atoms with E-state index in [1.165, 1.54) is 21.2 Å². The zero-order chi connectivity index (χ0) is 25.2. The maximum atomic E-state index is 13.1. The van der Waals surface area contributed by atoms with E-state index < -0.39 is 16.1 Å². The standard InChI is InChI=1S/C24H30N6O4S/c1-16(2)22(30-27-23(26-28-30)19-8-6-5-7-9-19)24(31)25-20-10-12-21(13-11-20)35(32,33)29-14-17(3)34-18(4)15-29/h5-13,16-18,22H,14-15H2,1-4H3,(H,25,31). The number of anilines is 1. The highest BCUT2D eigenvalue weighted by Gasteiger charge is 2.32. The van der Waals surface area contributed by atoms with Crippen LogP contribution in [0.4, 0.5) is 5.69 Å². The first kappa shape index (κ1) is 25.0. The summed E-state index contributed by atoms with van der Waals surface area (Å²) in [6.45, 7) is 8.11. The summed E-state index contributed by atoms with van der Waals surface area (Å²) in [5.41, 5.74) is 1.29. The van der Waals surface area contributed by atoms with E-state index in [1.54, 1.807) is 12.1 Å². The minimum absolute atomic E-state index is 0.113. The molecule has 0 spiro atoms. The molecule has 0 aliphatic carbocycles. The molecule has 0 saturated carbocycles. The van der Waals surface area contributed by atoms with Gasteiger partial charge in [0.05, 0.1) is 17.1 Å². The highest BCUT2D eigenvalue weighted by atomic mass is 32.2. The molecule has 0 radical (unpaired) electrons. The molecule has 1 saturated heterocycles. The van der Waals surface area contributed by atoms with Crippen molar-refractivity contribution >= 4 is 21.6 Å². The van der Waals surface area contributed by atoms with Crippen molar-refractivity contribution in [2.24, 2.45) is 5.92 Å². The second-order valence-corrected chi connectivity index (χ2v) is 11.0. The van der Waals surface area contributed by atoms with Crippen molar-refractivity contribution in [3.8, 4) is 11.4 Å². The lowest BCUT2D eigenvalue weighted by molar-refractivity contribution is -0.121. The van der Waals surface area contributed by atoms with Crippen LogP contribution in [0.15, 0.2) is 59.5 Å². The Morgan fingerprint density at radius 3 is 2.26 bits per heavy atom. The first-order valence-corrected chi connectivity index (χ1v) is 13.0. The number of tetrazole rings is 1. The van der Waals surface area contributed by atoms with Crippen molar-refractivity contribution in [1.82, 2.24) is 24.5 Å². The SMILES string of the molecule is CC1CN(S(=O)(=O)c2ccc(NC(=O)C(C(C)C)n3nnc(-c4ccccc4)n3)cc2)CC(C)O1. The molecule has 3 unspecified atom stereocenters. The van der Waals surface area contributed by atoms with E-state index >= 15 is 0 Å². The maximum Gasteiger partial charge on any atom is 0.251 e. The van der Waals surface area contributed by atoms with E-state index in [0.29, 0.717) is 24.6 Å². The van der Waals surface area contributed by atoms with E-state index in [1.807, 2.05) is 58.0 Å². The van der Waals surface area contributed by atoms with Crippen LogP contribution in [0, 0.1) is 5.92 Å². The van der Waals surface area contributed by atoms with Gasteiger partial charge in [-0.15, -0.1) is 10.2 Å². The van der Waals surface area contributed by atoms with Crippen LogP contribution >= 0.6 is 0 Å². The first-order valence-electron chi connectivity index (χ1n) is 11.6. The summed E-state index contributed by atoms with van der Waals surface area (Å²) >= 11 is 0. The zero-order valence-electron chi connectivity index (χ0n) is 20.2. The zero-order valence-corrected chi connectivity index (χ0v) is 21.0. The summed E-state index contributed by atoms with van der Waals surface area (Å²) in [5.74, 6) is 0.00609. The highest BCUT2D eigenvalue weighted by molar-refractivity contribution is 7.89. The van der Waals surface area contributed by atoms with Gasteiger partial charge in [-0.05, 0) is 49.2 Å². The topological polar surface area (TPSA) is 119 Å². The third-order valence-electron chi connectivity index (χ3n) is 5.75. The van der Waals surface area contributed by atoms with Gasteiger partial charge in [-0.2, -0.15) is 9.10 Å². The second kappa shape index (κ2) is 10.2. The Kier molecular flexibility index (Phi) is 7.29. The number of aromatic nitrogens is 4. The van der Waals surface area contributed by atoms with Gasteiger partial charge in [-0.25, -0.2) is 8.42 Å². The van der Waals surface area contributed by atoms with E-state index in [4.69, 9.17) is 4.74 Å². The van der Waals surface area contributed by atoms with E-state index in [2.05, 4.69) is 20.7 Å². The summed E-state index contributed by atoms with van der Waals surface area (Å²) in [5, 5.41) is 15.5. The largest absolute Gasteiger partial charge is 0.373 e. The molecule has 3 atom stereocenters. The summed E-state index contributed by atoms with van der Waals surface area (Å²) < 4.78 is 33.2. The minimum atomic E-state index is -3.66. The molecule has 1 aliphatic heterocycles. The molecule has 186 valence electrons. The summed E-state index contributed by atoms with van der Waals surface area (Å²) in [7, 11) is -3.66. The normalized spacial score (nSPS) is 20.0. The van der Waals surface area contributed by atoms with Gasteiger partial charge in [0, 0.05) is 24.3 Å². The van der Waals surface area contributed by atoms with Crippen LogP contribution in [0.5, 0.6) is 0 Å². The van der Waals surface area contributed by atoms with Crippen LogP contribution in [0.2, 0.25) is 0 Å². The van der Waals surface area contributed by atoms with E-state index in [9.17, 15) is 13.2 Å². The average molecular weight is 499 g/mol. The Hall–Kier alpha value is -3.15. The van der Waals surface area contributed by atoms with Crippen LogP contribution in [0.1, 0.15) is 33.7 Å². The number of amides is 1. The molecule has 4 rings (SSSR count). The number of benzene rings is 2. The van der Waals surface area contributed by atoms with Crippen LogP contribution in [-0.4, -0.2) is 64.1 Å². The van der Waals surface area contributed by atoms with Crippen molar-refractivity contribution in [1.29, 1.82) is 0 Å². The van der Waals surface area contributed by atoms with Crippen molar-refractivity contribution in [3.63, 3.8) is 0 Å². The Bertz CT molecular complexity index is 1250. The van der Waals surface area contributed by atoms with Gasteiger partial charge in [-0.3, -0.25) is 4.79 Å². The fraction of sp³-hybridized carbons (Fsp3) is 0.417. The Labute approximate surface area is 205 Å². The lowest BCUT2D eigenvalue weighted by Crippen LogP contribution is -2.48. The maximum absolute atomic E-state index is 13.1. The van der Waals surface area contributed by atoms with Crippen molar-refractivity contribution < 1.29 is 17.9 Å². The van der Waals surface area contributed by atoms with Gasteiger partial charge in [-0.1, -0.05) is 44.2 Å². The Morgan fingerprint density at radius 2 is 1.66 bits per heavy atom. The van der Waals surface area contributed by atoms with Gasteiger partial charge < -0.3 is 10.1 Å².